The number of esters is 1. The fourth-order valence-corrected chi connectivity index (χ4v) is 1.43. The van der Waals surface area contributed by atoms with Gasteiger partial charge in [-0.25, -0.2) is 0 Å². The van der Waals surface area contributed by atoms with E-state index in [1.807, 2.05) is 0 Å². The third-order valence-electron chi connectivity index (χ3n) is 2.15. The largest absolute Gasteiger partial charge is 0.468 e. The molecule has 1 fully saturated rings. The summed E-state index contributed by atoms with van der Waals surface area (Å²) in [5.74, 6) is 0.511. The van der Waals surface area contributed by atoms with Gasteiger partial charge in [-0.1, -0.05) is 6.92 Å². The molecule has 0 saturated carbocycles. The lowest BCUT2D eigenvalue weighted by Gasteiger charge is -2.25. The average molecular weight is 157 g/mol. The van der Waals surface area contributed by atoms with E-state index in [1.165, 1.54) is 7.11 Å². The highest BCUT2D eigenvalue weighted by Gasteiger charge is 2.24. The summed E-state index contributed by atoms with van der Waals surface area (Å²) < 4.78 is 4.64. The number of piperidine rings is 1. The quantitative estimate of drug-likeness (QED) is 0.565. The van der Waals surface area contributed by atoms with Crippen LogP contribution in [0.3, 0.4) is 0 Å². The highest BCUT2D eigenvalue weighted by Crippen LogP contribution is 2.15. The van der Waals surface area contributed by atoms with E-state index in [0.717, 1.165) is 19.4 Å². The number of methoxy groups -OCH3 is 1. The minimum Gasteiger partial charge on any atom is -0.468 e. The van der Waals surface area contributed by atoms with Crippen LogP contribution in [0.2, 0.25) is 0 Å². The van der Waals surface area contributed by atoms with Gasteiger partial charge in [-0.15, -0.1) is 0 Å². The Morgan fingerprint density at radius 2 is 2.36 bits per heavy atom. The van der Waals surface area contributed by atoms with Crippen LogP contribution in [0.1, 0.15) is 19.8 Å². The van der Waals surface area contributed by atoms with E-state index < -0.39 is 0 Å². The maximum absolute atomic E-state index is 11.0. The Bertz CT molecular complexity index is 147. The van der Waals surface area contributed by atoms with Gasteiger partial charge in [-0.2, -0.15) is 0 Å². The lowest BCUT2D eigenvalue weighted by molar-refractivity contribution is -0.144. The SMILES string of the molecule is COC(=O)[C@@H]1CC(C)CCN1. The van der Waals surface area contributed by atoms with Crippen LogP contribution in [0.25, 0.3) is 0 Å². The third-order valence-corrected chi connectivity index (χ3v) is 2.15. The average Bonchev–Trinajstić information content (AvgIpc) is 2.03. The molecule has 0 amide bonds. The van der Waals surface area contributed by atoms with Crippen molar-refractivity contribution in [2.45, 2.75) is 25.8 Å². The Labute approximate surface area is 67.1 Å². The molecular formula is C8H15NO2. The van der Waals surface area contributed by atoms with Crippen LogP contribution < -0.4 is 5.32 Å². The Morgan fingerprint density at radius 1 is 1.64 bits per heavy atom. The molecule has 0 bridgehead atoms. The topological polar surface area (TPSA) is 38.3 Å². The Hall–Kier alpha value is -0.570. The van der Waals surface area contributed by atoms with E-state index in [0.29, 0.717) is 5.92 Å². The van der Waals surface area contributed by atoms with Crippen molar-refractivity contribution in [3.63, 3.8) is 0 Å². The van der Waals surface area contributed by atoms with Crippen molar-refractivity contribution in [1.29, 1.82) is 0 Å². The zero-order valence-electron chi connectivity index (χ0n) is 7.09. The van der Waals surface area contributed by atoms with Crippen molar-refractivity contribution in [2.24, 2.45) is 5.92 Å². The molecule has 3 heteroatoms. The number of hydrogen-bond donors (Lipinski definition) is 1. The van der Waals surface area contributed by atoms with Crippen LogP contribution in [-0.4, -0.2) is 25.7 Å². The van der Waals surface area contributed by atoms with Crippen LogP contribution in [0, 0.1) is 5.92 Å². The zero-order valence-corrected chi connectivity index (χ0v) is 7.09. The van der Waals surface area contributed by atoms with E-state index in [9.17, 15) is 4.79 Å². The van der Waals surface area contributed by atoms with Gasteiger partial charge in [-0.05, 0) is 25.3 Å². The second-order valence-electron chi connectivity index (χ2n) is 3.16. The van der Waals surface area contributed by atoms with Crippen molar-refractivity contribution in [1.82, 2.24) is 5.32 Å². The summed E-state index contributed by atoms with van der Waals surface area (Å²) >= 11 is 0. The number of hydrogen-bond acceptors (Lipinski definition) is 3. The van der Waals surface area contributed by atoms with Gasteiger partial charge in [0.15, 0.2) is 0 Å². The number of ether oxygens (including phenoxy) is 1. The summed E-state index contributed by atoms with van der Waals surface area (Å²) in [6, 6.07) is -0.0660. The van der Waals surface area contributed by atoms with Crippen molar-refractivity contribution < 1.29 is 9.53 Å². The molecule has 1 saturated heterocycles. The number of rotatable bonds is 1. The molecule has 0 aromatic rings. The zero-order chi connectivity index (χ0) is 8.27. The molecule has 0 radical (unpaired) electrons. The predicted molar refractivity (Wildman–Crippen MR) is 42.2 cm³/mol. The van der Waals surface area contributed by atoms with Crippen LogP contribution in [0.15, 0.2) is 0 Å². The first-order valence-corrected chi connectivity index (χ1v) is 4.05. The first-order chi connectivity index (χ1) is 5.24. The summed E-state index contributed by atoms with van der Waals surface area (Å²) in [7, 11) is 1.43. The molecule has 0 aromatic heterocycles. The van der Waals surface area contributed by atoms with E-state index in [2.05, 4.69) is 17.0 Å². The second-order valence-corrected chi connectivity index (χ2v) is 3.16. The lowest BCUT2D eigenvalue weighted by Crippen LogP contribution is -2.43. The van der Waals surface area contributed by atoms with Crippen molar-refractivity contribution in [3.05, 3.63) is 0 Å². The number of nitrogens with one attached hydrogen (secondary N) is 1. The summed E-state index contributed by atoms with van der Waals surface area (Å²) in [6.07, 6.45) is 2.07. The minimum absolute atomic E-state index is 0.0660. The molecule has 0 spiro atoms. The molecular weight excluding hydrogens is 142 g/mol. The highest BCUT2D eigenvalue weighted by molar-refractivity contribution is 5.75. The van der Waals surface area contributed by atoms with E-state index >= 15 is 0 Å². The third kappa shape index (κ3) is 2.19. The molecule has 0 aliphatic carbocycles. The Morgan fingerprint density at radius 3 is 2.91 bits per heavy atom. The Kier molecular flexibility index (Phi) is 2.88. The van der Waals surface area contributed by atoms with Crippen LogP contribution in [0.5, 0.6) is 0 Å². The summed E-state index contributed by atoms with van der Waals surface area (Å²) in [5, 5.41) is 3.13. The van der Waals surface area contributed by atoms with Crippen molar-refractivity contribution in [2.75, 3.05) is 13.7 Å². The predicted octanol–water partition coefficient (Wildman–Crippen LogP) is 0.547. The fraction of sp³-hybridized carbons (Fsp3) is 0.875. The smallest absolute Gasteiger partial charge is 0.322 e. The van der Waals surface area contributed by atoms with Gasteiger partial charge < -0.3 is 10.1 Å². The van der Waals surface area contributed by atoms with Gasteiger partial charge in [0.1, 0.15) is 6.04 Å². The second kappa shape index (κ2) is 3.72. The van der Waals surface area contributed by atoms with Crippen LogP contribution >= 0.6 is 0 Å². The standard InChI is InChI=1S/C8H15NO2/c1-6-3-4-9-7(5-6)8(10)11-2/h6-7,9H,3-5H2,1-2H3/t6?,7-/m0/s1. The summed E-state index contributed by atoms with van der Waals surface area (Å²) in [6.45, 7) is 3.09. The summed E-state index contributed by atoms with van der Waals surface area (Å²) in [4.78, 5) is 11.0. The molecule has 0 aromatic carbocycles. The molecule has 1 aliphatic rings. The molecule has 64 valence electrons. The Balaban J connectivity index is 2.39. The molecule has 1 unspecified atom stereocenters. The first-order valence-electron chi connectivity index (χ1n) is 4.05. The maximum atomic E-state index is 11.0. The van der Waals surface area contributed by atoms with E-state index in [-0.39, 0.29) is 12.0 Å². The fourth-order valence-electron chi connectivity index (χ4n) is 1.43. The molecule has 2 atom stereocenters. The molecule has 1 N–H and O–H groups in total. The van der Waals surface area contributed by atoms with Crippen molar-refractivity contribution >= 4 is 5.97 Å². The van der Waals surface area contributed by atoms with Gasteiger partial charge in [0.2, 0.25) is 0 Å². The highest BCUT2D eigenvalue weighted by atomic mass is 16.5. The van der Waals surface area contributed by atoms with Gasteiger partial charge in [0.25, 0.3) is 0 Å². The monoisotopic (exact) mass is 157 g/mol. The summed E-state index contributed by atoms with van der Waals surface area (Å²) in [5.41, 5.74) is 0. The number of carbonyl (C=O) groups excluding carboxylic acids is 1. The van der Waals surface area contributed by atoms with E-state index in [1.54, 1.807) is 0 Å². The van der Waals surface area contributed by atoms with Gasteiger partial charge in [-0.3, -0.25) is 4.79 Å². The van der Waals surface area contributed by atoms with Gasteiger partial charge in [0, 0.05) is 0 Å². The first kappa shape index (κ1) is 8.53. The molecule has 1 aliphatic heterocycles. The van der Waals surface area contributed by atoms with Gasteiger partial charge >= 0.3 is 5.97 Å². The minimum atomic E-state index is -0.128. The van der Waals surface area contributed by atoms with Gasteiger partial charge in [0.05, 0.1) is 7.11 Å². The van der Waals surface area contributed by atoms with Crippen LogP contribution in [0.4, 0.5) is 0 Å². The molecule has 1 heterocycles. The van der Waals surface area contributed by atoms with Crippen LogP contribution in [-0.2, 0) is 9.53 Å². The van der Waals surface area contributed by atoms with Crippen molar-refractivity contribution in [3.8, 4) is 0 Å². The van der Waals surface area contributed by atoms with E-state index in [4.69, 9.17) is 0 Å². The lowest BCUT2D eigenvalue weighted by atomic mass is 9.94. The molecule has 3 nitrogen and oxygen atoms in total. The maximum Gasteiger partial charge on any atom is 0.322 e. The normalized spacial score (nSPS) is 31.5. The molecule has 11 heavy (non-hydrogen) atoms. The number of carbonyl (C=O) groups is 1. The molecule has 1 rings (SSSR count).